The lowest BCUT2D eigenvalue weighted by molar-refractivity contribution is -0.142. The number of hydrogen-bond acceptors (Lipinski definition) is 2. The first-order chi connectivity index (χ1) is 5.61. The van der Waals surface area contributed by atoms with Crippen molar-refractivity contribution >= 4 is 5.97 Å². The van der Waals surface area contributed by atoms with Crippen LogP contribution in [0.1, 0.15) is 26.2 Å². The monoisotopic (exact) mass is 171 g/mol. The predicted molar refractivity (Wildman–Crippen MR) is 47.1 cm³/mol. The van der Waals surface area contributed by atoms with E-state index >= 15 is 0 Å². The summed E-state index contributed by atoms with van der Waals surface area (Å²) < 4.78 is 0. The number of carbonyl (C=O) groups is 1. The SMILES string of the molecule is CC1CCCC(C(=O)O)N(C)C1. The lowest BCUT2D eigenvalue weighted by Gasteiger charge is -2.22. The van der Waals surface area contributed by atoms with Crippen LogP contribution in [0.2, 0.25) is 0 Å². The summed E-state index contributed by atoms with van der Waals surface area (Å²) in [6.45, 7) is 3.09. The van der Waals surface area contributed by atoms with Crippen LogP contribution in [0, 0.1) is 5.92 Å². The van der Waals surface area contributed by atoms with E-state index in [1.54, 1.807) is 0 Å². The Morgan fingerprint density at radius 3 is 2.75 bits per heavy atom. The minimum atomic E-state index is -0.674. The van der Waals surface area contributed by atoms with Crippen LogP contribution in [0.3, 0.4) is 0 Å². The van der Waals surface area contributed by atoms with Gasteiger partial charge in [-0.3, -0.25) is 9.69 Å². The van der Waals surface area contributed by atoms with Crippen LogP contribution in [-0.2, 0) is 4.79 Å². The maximum absolute atomic E-state index is 10.8. The van der Waals surface area contributed by atoms with Crippen molar-refractivity contribution in [2.24, 2.45) is 5.92 Å². The Morgan fingerprint density at radius 2 is 2.17 bits per heavy atom. The molecule has 0 aliphatic carbocycles. The van der Waals surface area contributed by atoms with Gasteiger partial charge in [0.25, 0.3) is 0 Å². The highest BCUT2D eigenvalue weighted by Crippen LogP contribution is 2.19. The van der Waals surface area contributed by atoms with Crippen LogP contribution in [0.4, 0.5) is 0 Å². The first-order valence-electron chi connectivity index (χ1n) is 4.54. The van der Waals surface area contributed by atoms with Crippen LogP contribution in [0.25, 0.3) is 0 Å². The smallest absolute Gasteiger partial charge is 0.320 e. The standard InChI is InChI=1S/C9H17NO2/c1-7-4-3-5-8(9(11)12)10(2)6-7/h7-8H,3-6H2,1-2H3,(H,11,12). The Balaban J connectivity index is 2.57. The molecule has 0 aromatic carbocycles. The highest BCUT2D eigenvalue weighted by molar-refractivity contribution is 5.73. The molecule has 3 nitrogen and oxygen atoms in total. The van der Waals surface area contributed by atoms with E-state index in [4.69, 9.17) is 5.11 Å². The lowest BCUT2D eigenvalue weighted by Crippen LogP contribution is -2.38. The molecule has 0 aromatic heterocycles. The van der Waals surface area contributed by atoms with Gasteiger partial charge in [0, 0.05) is 6.54 Å². The molecule has 12 heavy (non-hydrogen) atoms. The van der Waals surface area contributed by atoms with Gasteiger partial charge in [0.05, 0.1) is 0 Å². The Kier molecular flexibility index (Phi) is 3.09. The van der Waals surface area contributed by atoms with Gasteiger partial charge < -0.3 is 5.11 Å². The van der Waals surface area contributed by atoms with E-state index in [1.165, 1.54) is 0 Å². The summed E-state index contributed by atoms with van der Waals surface area (Å²) in [5.41, 5.74) is 0. The van der Waals surface area contributed by atoms with E-state index in [2.05, 4.69) is 6.92 Å². The summed E-state index contributed by atoms with van der Waals surface area (Å²) >= 11 is 0. The molecule has 1 saturated heterocycles. The summed E-state index contributed by atoms with van der Waals surface area (Å²) in [4.78, 5) is 12.7. The fraction of sp³-hybridized carbons (Fsp3) is 0.889. The second kappa shape index (κ2) is 3.90. The second-order valence-corrected chi connectivity index (χ2v) is 3.83. The zero-order chi connectivity index (χ0) is 9.14. The highest BCUT2D eigenvalue weighted by atomic mass is 16.4. The van der Waals surface area contributed by atoms with Gasteiger partial charge in [-0.15, -0.1) is 0 Å². The van der Waals surface area contributed by atoms with Crippen LogP contribution in [-0.4, -0.2) is 35.6 Å². The minimum absolute atomic E-state index is 0.255. The summed E-state index contributed by atoms with van der Waals surface area (Å²) in [7, 11) is 1.90. The van der Waals surface area contributed by atoms with Gasteiger partial charge in [0.15, 0.2) is 0 Å². The van der Waals surface area contributed by atoms with Gasteiger partial charge in [-0.05, 0) is 25.8 Å². The van der Waals surface area contributed by atoms with Crippen LogP contribution >= 0.6 is 0 Å². The topological polar surface area (TPSA) is 40.5 Å². The van der Waals surface area contributed by atoms with Crippen molar-refractivity contribution < 1.29 is 9.90 Å². The average Bonchev–Trinajstić information content (AvgIpc) is 2.10. The van der Waals surface area contributed by atoms with Crippen LogP contribution < -0.4 is 0 Å². The van der Waals surface area contributed by atoms with E-state index in [1.807, 2.05) is 11.9 Å². The fourth-order valence-electron chi connectivity index (χ4n) is 1.90. The molecule has 0 amide bonds. The molecule has 3 heteroatoms. The molecule has 1 aliphatic rings. The van der Waals surface area contributed by atoms with Gasteiger partial charge in [-0.1, -0.05) is 13.3 Å². The Bertz CT molecular complexity index is 170. The maximum Gasteiger partial charge on any atom is 0.320 e. The van der Waals surface area contributed by atoms with Crippen molar-refractivity contribution in [3.63, 3.8) is 0 Å². The second-order valence-electron chi connectivity index (χ2n) is 3.83. The molecule has 0 radical (unpaired) electrons. The summed E-state index contributed by atoms with van der Waals surface area (Å²) in [6.07, 6.45) is 3.01. The van der Waals surface area contributed by atoms with E-state index in [9.17, 15) is 4.79 Å². The third kappa shape index (κ3) is 2.21. The molecular weight excluding hydrogens is 154 g/mol. The van der Waals surface area contributed by atoms with Gasteiger partial charge in [0.2, 0.25) is 0 Å². The number of aliphatic carboxylic acids is 1. The summed E-state index contributed by atoms with van der Waals surface area (Å²) in [6, 6.07) is -0.255. The van der Waals surface area contributed by atoms with Crippen molar-refractivity contribution in [1.82, 2.24) is 4.90 Å². The molecule has 1 N–H and O–H groups in total. The lowest BCUT2D eigenvalue weighted by atomic mass is 10.1. The molecule has 2 unspecified atom stereocenters. The molecule has 0 bridgehead atoms. The zero-order valence-corrected chi connectivity index (χ0v) is 7.79. The Hall–Kier alpha value is -0.570. The van der Waals surface area contributed by atoms with E-state index < -0.39 is 5.97 Å². The zero-order valence-electron chi connectivity index (χ0n) is 7.79. The van der Waals surface area contributed by atoms with Crippen LogP contribution in [0.5, 0.6) is 0 Å². The van der Waals surface area contributed by atoms with Crippen molar-refractivity contribution in [3.8, 4) is 0 Å². The molecule has 1 fully saturated rings. The molecule has 2 atom stereocenters. The minimum Gasteiger partial charge on any atom is -0.480 e. The average molecular weight is 171 g/mol. The molecule has 0 saturated carbocycles. The number of carboxylic acid groups (broad SMARTS) is 1. The largest absolute Gasteiger partial charge is 0.480 e. The van der Waals surface area contributed by atoms with E-state index in [-0.39, 0.29) is 6.04 Å². The van der Waals surface area contributed by atoms with Crippen molar-refractivity contribution in [1.29, 1.82) is 0 Å². The molecular formula is C9H17NO2. The number of likely N-dealkylation sites (tertiary alicyclic amines) is 1. The quantitative estimate of drug-likeness (QED) is 0.644. The Morgan fingerprint density at radius 1 is 1.50 bits per heavy atom. The van der Waals surface area contributed by atoms with Gasteiger partial charge in [0.1, 0.15) is 6.04 Å². The summed E-state index contributed by atoms with van der Waals surface area (Å²) in [5.74, 6) is -0.0362. The van der Waals surface area contributed by atoms with Gasteiger partial charge in [-0.25, -0.2) is 0 Å². The molecule has 70 valence electrons. The van der Waals surface area contributed by atoms with E-state index in [0.717, 1.165) is 25.8 Å². The van der Waals surface area contributed by atoms with Crippen LogP contribution in [0.15, 0.2) is 0 Å². The fourth-order valence-corrected chi connectivity index (χ4v) is 1.90. The first-order valence-corrected chi connectivity index (χ1v) is 4.54. The van der Waals surface area contributed by atoms with Crippen molar-refractivity contribution in [2.75, 3.05) is 13.6 Å². The number of nitrogens with zero attached hydrogens (tertiary/aromatic N) is 1. The normalized spacial score (nSPS) is 32.8. The van der Waals surface area contributed by atoms with Gasteiger partial charge >= 0.3 is 5.97 Å². The highest BCUT2D eigenvalue weighted by Gasteiger charge is 2.26. The molecule has 0 aromatic rings. The molecule has 1 aliphatic heterocycles. The first kappa shape index (κ1) is 9.52. The van der Waals surface area contributed by atoms with Gasteiger partial charge in [-0.2, -0.15) is 0 Å². The van der Waals surface area contributed by atoms with Crippen molar-refractivity contribution in [3.05, 3.63) is 0 Å². The molecule has 1 rings (SSSR count). The Labute approximate surface area is 73.4 Å². The third-order valence-electron chi connectivity index (χ3n) is 2.59. The number of rotatable bonds is 1. The predicted octanol–water partition coefficient (Wildman–Crippen LogP) is 1.19. The molecule has 0 spiro atoms. The number of carboxylic acids is 1. The summed E-state index contributed by atoms with van der Waals surface area (Å²) in [5, 5.41) is 8.88. The molecule has 1 heterocycles. The number of likely N-dealkylation sites (N-methyl/N-ethyl adjacent to an activating group) is 1. The third-order valence-corrected chi connectivity index (χ3v) is 2.59. The van der Waals surface area contributed by atoms with E-state index in [0.29, 0.717) is 5.92 Å². The van der Waals surface area contributed by atoms with Crippen molar-refractivity contribution in [2.45, 2.75) is 32.2 Å². The number of hydrogen-bond donors (Lipinski definition) is 1. The maximum atomic E-state index is 10.8.